The SMILES string of the molecule is Cc1c(C#N)cccc1-c1ccnc(N(C(=O)OC(C)(C)C)C(=O)OC(C)(C)C)n1. The minimum absolute atomic E-state index is 0.183. The van der Waals surface area contributed by atoms with Crippen LogP contribution in [-0.2, 0) is 9.47 Å². The largest absolute Gasteiger partial charge is 0.443 e. The van der Waals surface area contributed by atoms with E-state index in [9.17, 15) is 14.9 Å². The van der Waals surface area contributed by atoms with Crippen LogP contribution in [0.25, 0.3) is 11.3 Å². The van der Waals surface area contributed by atoms with Crippen molar-refractivity contribution in [2.75, 3.05) is 4.90 Å². The summed E-state index contributed by atoms with van der Waals surface area (Å²) in [6.07, 6.45) is -0.467. The number of carbonyl (C=O) groups excluding carboxylic acids is 2. The van der Waals surface area contributed by atoms with Crippen LogP contribution in [-0.4, -0.2) is 33.4 Å². The summed E-state index contributed by atoms with van der Waals surface area (Å²) in [6.45, 7) is 11.9. The van der Waals surface area contributed by atoms with E-state index in [1.54, 1.807) is 72.7 Å². The second-order valence-electron chi connectivity index (χ2n) is 8.63. The molecule has 8 heteroatoms. The first-order chi connectivity index (χ1) is 13.8. The Balaban J connectivity index is 2.54. The molecule has 0 fully saturated rings. The van der Waals surface area contributed by atoms with Crippen molar-refractivity contribution >= 4 is 18.1 Å². The fourth-order valence-corrected chi connectivity index (χ4v) is 2.49. The predicted octanol–water partition coefficient (Wildman–Crippen LogP) is 5.00. The van der Waals surface area contributed by atoms with Crippen molar-refractivity contribution in [1.29, 1.82) is 5.26 Å². The monoisotopic (exact) mass is 410 g/mol. The molecule has 8 nitrogen and oxygen atoms in total. The van der Waals surface area contributed by atoms with E-state index in [1.807, 2.05) is 0 Å². The van der Waals surface area contributed by atoms with Crippen molar-refractivity contribution in [2.24, 2.45) is 0 Å². The molecule has 0 aliphatic heterocycles. The van der Waals surface area contributed by atoms with Crippen LogP contribution in [0.2, 0.25) is 0 Å². The highest BCUT2D eigenvalue weighted by atomic mass is 16.6. The maximum atomic E-state index is 12.8. The van der Waals surface area contributed by atoms with Gasteiger partial charge in [0.1, 0.15) is 11.2 Å². The Bertz CT molecular complexity index is 969. The van der Waals surface area contributed by atoms with Gasteiger partial charge in [0.15, 0.2) is 0 Å². The molecular weight excluding hydrogens is 384 g/mol. The molecular formula is C22H26N4O4. The van der Waals surface area contributed by atoms with Gasteiger partial charge in [-0.1, -0.05) is 12.1 Å². The number of rotatable bonds is 2. The van der Waals surface area contributed by atoms with Gasteiger partial charge in [-0.15, -0.1) is 4.90 Å². The van der Waals surface area contributed by atoms with Gasteiger partial charge >= 0.3 is 12.2 Å². The summed E-state index contributed by atoms with van der Waals surface area (Å²) in [5.74, 6) is -0.183. The van der Waals surface area contributed by atoms with Crippen molar-refractivity contribution in [1.82, 2.24) is 9.97 Å². The lowest BCUT2D eigenvalue weighted by Gasteiger charge is -2.27. The maximum absolute atomic E-state index is 12.8. The summed E-state index contributed by atoms with van der Waals surface area (Å²) in [5.41, 5.74) is 0.687. The fraction of sp³-hybridized carbons (Fsp3) is 0.409. The van der Waals surface area contributed by atoms with Gasteiger partial charge in [0.2, 0.25) is 5.95 Å². The van der Waals surface area contributed by atoms with Crippen LogP contribution in [0.1, 0.15) is 52.7 Å². The Hall–Kier alpha value is -3.47. The number of ether oxygens (including phenoxy) is 2. The summed E-state index contributed by atoms with van der Waals surface area (Å²) < 4.78 is 10.7. The zero-order chi connectivity index (χ0) is 22.7. The number of anilines is 1. The average Bonchev–Trinajstić information content (AvgIpc) is 2.59. The number of nitrogens with zero attached hydrogens (tertiary/aromatic N) is 4. The van der Waals surface area contributed by atoms with Crippen molar-refractivity contribution < 1.29 is 19.1 Å². The quantitative estimate of drug-likeness (QED) is 0.686. The Labute approximate surface area is 176 Å². The van der Waals surface area contributed by atoms with Crippen LogP contribution >= 0.6 is 0 Å². The summed E-state index contributed by atoms with van der Waals surface area (Å²) in [6, 6.07) is 9.00. The summed E-state index contributed by atoms with van der Waals surface area (Å²) in [4.78, 5) is 34.7. The third-order valence-electron chi connectivity index (χ3n) is 3.73. The van der Waals surface area contributed by atoms with Gasteiger partial charge in [-0.2, -0.15) is 5.26 Å². The van der Waals surface area contributed by atoms with Gasteiger partial charge in [-0.05, 0) is 66.2 Å². The molecule has 0 atom stereocenters. The van der Waals surface area contributed by atoms with Crippen LogP contribution in [0.3, 0.4) is 0 Å². The zero-order valence-corrected chi connectivity index (χ0v) is 18.3. The maximum Gasteiger partial charge on any atom is 0.427 e. The van der Waals surface area contributed by atoms with Gasteiger partial charge < -0.3 is 9.47 Å². The number of hydrogen-bond acceptors (Lipinski definition) is 7. The van der Waals surface area contributed by atoms with E-state index >= 15 is 0 Å². The molecule has 0 radical (unpaired) electrons. The van der Waals surface area contributed by atoms with Crippen molar-refractivity contribution in [3.05, 3.63) is 41.6 Å². The number of benzene rings is 1. The molecule has 2 amide bonds. The molecule has 1 aromatic carbocycles. The first-order valence-electron chi connectivity index (χ1n) is 9.41. The lowest BCUT2D eigenvalue weighted by Crippen LogP contribution is -2.44. The number of amides is 2. The number of carbonyl (C=O) groups is 2. The van der Waals surface area contributed by atoms with Crippen molar-refractivity contribution in [3.8, 4) is 17.3 Å². The molecule has 1 heterocycles. The second-order valence-corrected chi connectivity index (χ2v) is 8.63. The van der Waals surface area contributed by atoms with Gasteiger partial charge in [-0.3, -0.25) is 0 Å². The smallest absolute Gasteiger partial charge is 0.427 e. The number of imide groups is 1. The van der Waals surface area contributed by atoms with E-state index in [-0.39, 0.29) is 5.95 Å². The molecule has 2 rings (SSSR count). The third-order valence-corrected chi connectivity index (χ3v) is 3.73. The molecule has 0 saturated heterocycles. The normalized spacial score (nSPS) is 11.4. The Morgan fingerprint density at radius 2 is 1.57 bits per heavy atom. The van der Waals surface area contributed by atoms with Gasteiger partial charge in [0.25, 0.3) is 0 Å². The minimum atomic E-state index is -0.948. The number of hydrogen-bond donors (Lipinski definition) is 0. The highest BCUT2D eigenvalue weighted by molar-refractivity contribution is 6.08. The van der Waals surface area contributed by atoms with E-state index in [2.05, 4.69) is 16.0 Å². The molecule has 0 spiro atoms. The summed E-state index contributed by atoms with van der Waals surface area (Å²) in [5, 5.41) is 9.28. The van der Waals surface area contributed by atoms with Crippen LogP contribution in [0.5, 0.6) is 0 Å². The zero-order valence-electron chi connectivity index (χ0n) is 18.3. The predicted molar refractivity (Wildman–Crippen MR) is 112 cm³/mol. The standard InChI is InChI=1S/C22H26N4O4/c1-14-15(13-23)9-8-10-16(14)17-11-12-24-18(25-17)26(19(27)29-21(2,3)4)20(28)30-22(5,6)7/h8-12H,1-7H3. The Morgan fingerprint density at radius 1 is 1.00 bits per heavy atom. The summed E-state index contributed by atoms with van der Waals surface area (Å²) >= 11 is 0. The molecule has 2 aromatic rings. The van der Waals surface area contributed by atoms with Gasteiger partial charge in [-0.25, -0.2) is 19.6 Å². The van der Waals surface area contributed by atoms with Crippen LogP contribution in [0, 0.1) is 18.3 Å². The van der Waals surface area contributed by atoms with Gasteiger partial charge in [0, 0.05) is 11.8 Å². The van der Waals surface area contributed by atoms with Crippen molar-refractivity contribution in [3.63, 3.8) is 0 Å². The molecule has 0 unspecified atom stereocenters. The number of nitriles is 1. The molecule has 30 heavy (non-hydrogen) atoms. The first-order valence-corrected chi connectivity index (χ1v) is 9.41. The van der Waals surface area contributed by atoms with E-state index in [4.69, 9.17) is 9.47 Å². The van der Waals surface area contributed by atoms with Crippen molar-refractivity contribution in [2.45, 2.75) is 59.7 Å². The minimum Gasteiger partial charge on any atom is -0.443 e. The van der Waals surface area contributed by atoms with E-state index in [0.717, 1.165) is 5.56 Å². The molecule has 0 saturated carbocycles. The van der Waals surface area contributed by atoms with E-state index in [1.165, 1.54) is 6.20 Å². The Kier molecular flexibility index (Phi) is 6.46. The average molecular weight is 410 g/mol. The van der Waals surface area contributed by atoms with E-state index in [0.29, 0.717) is 21.7 Å². The lowest BCUT2D eigenvalue weighted by atomic mass is 10.0. The molecule has 0 aliphatic rings. The highest BCUT2D eigenvalue weighted by Gasteiger charge is 2.34. The molecule has 158 valence electrons. The van der Waals surface area contributed by atoms with Crippen LogP contribution in [0.15, 0.2) is 30.5 Å². The van der Waals surface area contributed by atoms with E-state index < -0.39 is 23.4 Å². The molecule has 1 aromatic heterocycles. The third kappa shape index (κ3) is 5.77. The number of aromatic nitrogens is 2. The lowest BCUT2D eigenvalue weighted by molar-refractivity contribution is 0.0427. The highest BCUT2D eigenvalue weighted by Crippen LogP contribution is 2.26. The Morgan fingerprint density at radius 3 is 2.07 bits per heavy atom. The first kappa shape index (κ1) is 22.8. The molecule has 0 bridgehead atoms. The fourth-order valence-electron chi connectivity index (χ4n) is 2.49. The molecule has 0 N–H and O–H groups in total. The second kappa shape index (κ2) is 8.49. The summed E-state index contributed by atoms with van der Waals surface area (Å²) in [7, 11) is 0. The van der Waals surface area contributed by atoms with Crippen LogP contribution in [0.4, 0.5) is 15.5 Å². The van der Waals surface area contributed by atoms with Gasteiger partial charge in [0.05, 0.1) is 17.3 Å². The molecule has 0 aliphatic carbocycles. The van der Waals surface area contributed by atoms with Crippen LogP contribution < -0.4 is 4.90 Å². The topological polar surface area (TPSA) is 105 Å².